The second kappa shape index (κ2) is 5.49. The van der Waals surface area contributed by atoms with Crippen molar-refractivity contribution in [1.82, 2.24) is 10.2 Å². The fraction of sp³-hybridized carbons (Fsp3) is 0.857. The molecule has 0 aromatic carbocycles. The number of nitrogens with zero attached hydrogens (tertiary/aromatic N) is 1. The number of hydrogen-bond donors (Lipinski definition) is 2. The first kappa shape index (κ1) is 14.3. The molecule has 2 amide bonds. The van der Waals surface area contributed by atoms with E-state index in [1.54, 1.807) is 4.90 Å². The van der Waals surface area contributed by atoms with Crippen LogP contribution in [0.1, 0.15) is 39.5 Å². The van der Waals surface area contributed by atoms with Crippen LogP contribution in [0.25, 0.3) is 0 Å². The zero-order chi connectivity index (χ0) is 14.0. The summed E-state index contributed by atoms with van der Waals surface area (Å²) < 4.78 is 0. The molecule has 1 atom stereocenters. The number of aliphatic hydroxyl groups excluding tert-OH is 1. The molecule has 108 valence electrons. The molecule has 5 heteroatoms. The molecule has 1 unspecified atom stereocenters. The molecule has 0 bridgehead atoms. The summed E-state index contributed by atoms with van der Waals surface area (Å²) in [6.45, 7) is 5.06. The lowest BCUT2D eigenvalue weighted by atomic mass is 9.95. The number of rotatable bonds is 4. The van der Waals surface area contributed by atoms with Gasteiger partial charge >= 0.3 is 0 Å². The van der Waals surface area contributed by atoms with Crippen molar-refractivity contribution in [1.29, 1.82) is 0 Å². The Labute approximate surface area is 114 Å². The standard InChI is InChI=1S/C14H24N2O3/c1-10(2)13(19)16-7-3-4-11(8-16)12(18)15-14(9-17)5-6-14/h10-11,17H,3-9H2,1-2H3,(H,15,18). The number of likely N-dealkylation sites (tertiary alicyclic amines) is 1. The Kier molecular flexibility index (Phi) is 4.13. The van der Waals surface area contributed by atoms with Crippen LogP contribution in [0.5, 0.6) is 0 Å². The van der Waals surface area contributed by atoms with E-state index in [1.807, 2.05) is 13.8 Å². The summed E-state index contributed by atoms with van der Waals surface area (Å²) in [5, 5.41) is 12.2. The predicted molar refractivity (Wildman–Crippen MR) is 71.3 cm³/mol. The average molecular weight is 268 g/mol. The monoisotopic (exact) mass is 268 g/mol. The fourth-order valence-corrected chi connectivity index (χ4v) is 2.59. The van der Waals surface area contributed by atoms with Crippen LogP contribution in [0.15, 0.2) is 0 Å². The maximum absolute atomic E-state index is 12.2. The number of carbonyl (C=O) groups excluding carboxylic acids is 2. The molecular weight excluding hydrogens is 244 g/mol. The van der Waals surface area contributed by atoms with E-state index >= 15 is 0 Å². The van der Waals surface area contributed by atoms with Crippen LogP contribution in [0.2, 0.25) is 0 Å². The van der Waals surface area contributed by atoms with Crippen LogP contribution in [-0.2, 0) is 9.59 Å². The molecule has 2 aliphatic rings. The molecule has 2 rings (SSSR count). The van der Waals surface area contributed by atoms with Crippen LogP contribution in [0.4, 0.5) is 0 Å². The lowest BCUT2D eigenvalue weighted by Gasteiger charge is -2.33. The van der Waals surface area contributed by atoms with Gasteiger partial charge in [-0.05, 0) is 25.7 Å². The van der Waals surface area contributed by atoms with Gasteiger partial charge in [-0.1, -0.05) is 13.8 Å². The maximum atomic E-state index is 12.2. The fourth-order valence-electron chi connectivity index (χ4n) is 2.59. The molecule has 1 heterocycles. The summed E-state index contributed by atoms with van der Waals surface area (Å²) in [6.07, 6.45) is 3.42. The SMILES string of the molecule is CC(C)C(=O)N1CCCC(C(=O)NC2(CO)CC2)C1. The van der Waals surface area contributed by atoms with Crippen molar-refractivity contribution in [3.63, 3.8) is 0 Å². The van der Waals surface area contributed by atoms with Crippen molar-refractivity contribution in [3.8, 4) is 0 Å². The number of aliphatic hydroxyl groups is 1. The Morgan fingerprint density at radius 1 is 1.42 bits per heavy atom. The summed E-state index contributed by atoms with van der Waals surface area (Å²) in [5.41, 5.74) is -0.360. The van der Waals surface area contributed by atoms with Crippen LogP contribution >= 0.6 is 0 Å². The van der Waals surface area contributed by atoms with Crippen molar-refractivity contribution in [2.45, 2.75) is 45.1 Å². The smallest absolute Gasteiger partial charge is 0.225 e. The van der Waals surface area contributed by atoms with Crippen molar-refractivity contribution in [3.05, 3.63) is 0 Å². The van der Waals surface area contributed by atoms with Crippen molar-refractivity contribution in [2.75, 3.05) is 19.7 Å². The summed E-state index contributed by atoms with van der Waals surface area (Å²) in [6, 6.07) is 0. The van der Waals surface area contributed by atoms with Gasteiger partial charge in [-0.15, -0.1) is 0 Å². The number of hydrogen-bond acceptors (Lipinski definition) is 3. The number of amides is 2. The summed E-state index contributed by atoms with van der Waals surface area (Å²) in [4.78, 5) is 26.0. The van der Waals surface area contributed by atoms with Gasteiger partial charge in [-0.2, -0.15) is 0 Å². The zero-order valence-corrected chi connectivity index (χ0v) is 11.8. The average Bonchev–Trinajstić information content (AvgIpc) is 3.18. The van der Waals surface area contributed by atoms with Gasteiger partial charge in [0.1, 0.15) is 0 Å². The number of carbonyl (C=O) groups is 2. The molecular formula is C14H24N2O3. The van der Waals surface area contributed by atoms with Gasteiger partial charge < -0.3 is 15.3 Å². The van der Waals surface area contributed by atoms with E-state index in [9.17, 15) is 14.7 Å². The van der Waals surface area contributed by atoms with E-state index in [0.29, 0.717) is 6.54 Å². The van der Waals surface area contributed by atoms with Gasteiger partial charge in [0.05, 0.1) is 18.1 Å². The summed E-state index contributed by atoms with van der Waals surface area (Å²) in [7, 11) is 0. The third-order valence-corrected chi connectivity index (χ3v) is 4.14. The van der Waals surface area contributed by atoms with Gasteiger partial charge in [-0.25, -0.2) is 0 Å². The molecule has 19 heavy (non-hydrogen) atoms. The van der Waals surface area contributed by atoms with Crippen LogP contribution < -0.4 is 5.32 Å². The van der Waals surface area contributed by atoms with Gasteiger partial charge in [0.2, 0.25) is 11.8 Å². The minimum Gasteiger partial charge on any atom is -0.394 e. The Bertz CT molecular complexity index is 364. The maximum Gasteiger partial charge on any atom is 0.225 e. The molecule has 0 aromatic heterocycles. The quantitative estimate of drug-likeness (QED) is 0.781. The summed E-state index contributed by atoms with van der Waals surface area (Å²) in [5.74, 6) is -0.0249. The first-order valence-corrected chi connectivity index (χ1v) is 7.19. The molecule has 1 aliphatic heterocycles. The van der Waals surface area contributed by atoms with E-state index < -0.39 is 0 Å². The zero-order valence-electron chi connectivity index (χ0n) is 11.8. The van der Waals surface area contributed by atoms with Crippen molar-refractivity contribution < 1.29 is 14.7 Å². The van der Waals surface area contributed by atoms with Crippen LogP contribution in [-0.4, -0.2) is 47.1 Å². The lowest BCUT2D eigenvalue weighted by Crippen LogP contribution is -2.49. The lowest BCUT2D eigenvalue weighted by molar-refractivity contribution is -0.138. The van der Waals surface area contributed by atoms with Gasteiger partial charge in [0, 0.05) is 19.0 Å². The molecule has 1 aliphatic carbocycles. The van der Waals surface area contributed by atoms with Gasteiger partial charge in [-0.3, -0.25) is 9.59 Å². The molecule has 2 N–H and O–H groups in total. The molecule has 2 fully saturated rings. The Morgan fingerprint density at radius 2 is 2.11 bits per heavy atom. The normalized spacial score (nSPS) is 25.3. The number of piperidine rings is 1. The molecule has 5 nitrogen and oxygen atoms in total. The van der Waals surface area contributed by atoms with Gasteiger partial charge in [0.15, 0.2) is 0 Å². The van der Waals surface area contributed by atoms with E-state index in [2.05, 4.69) is 5.32 Å². The van der Waals surface area contributed by atoms with Crippen molar-refractivity contribution >= 4 is 11.8 Å². The second-order valence-electron chi connectivity index (χ2n) is 6.21. The minimum absolute atomic E-state index is 0.00666. The predicted octanol–water partition coefficient (Wildman–Crippen LogP) is 0.522. The highest BCUT2D eigenvalue weighted by Gasteiger charge is 2.44. The third-order valence-electron chi connectivity index (χ3n) is 4.14. The number of nitrogens with one attached hydrogen (secondary N) is 1. The summed E-state index contributed by atoms with van der Waals surface area (Å²) >= 11 is 0. The Morgan fingerprint density at radius 3 is 2.63 bits per heavy atom. The molecule has 0 aromatic rings. The van der Waals surface area contributed by atoms with E-state index in [1.165, 1.54) is 0 Å². The van der Waals surface area contributed by atoms with E-state index in [4.69, 9.17) is 0 Å². The molecule has 0 radical (unpaired) electrons. The highest BCUT2D eigenvalue weighted by molar-refractivity contribution is 5.82. The molecule has 1 saturated heterocycles. The topological polar surface area (TPSA) is 69.6 Å². The Hall–Kier alpha value is -1.10. The third kappa shape index (κ3) is 3.26. The first-order chi connectivity index (χ1) is 8.97. The highest BCUT2D eigenvalue weighted by atomic mass is 16.3. The van der Waals surface area contributed by atoms with E-state index in [0.717, 1.165) is 32.2 Å². The van der Waals surface area contributed by atoms with Crippen molar-refractivity contribution in [2.24, 2.45) is 11.8 Å². The highest BCUT2D eigenvalue weighted by Crippen LogP contribution is 2.35. The van der Waals surface area contributed by atoms with E-state index in [-0.39, 0.29) is 35.8 Å². The largest absolute Gasteiger partial charge is 0.394 e. The second-order valence-corrected chi connectivity index (χ2v) is 6.21. The Balaban J connectivity index is 1.90. The molecule has 1 saturated carbocycles. The van der Waals surface area contributed by atoms with Crippen LogP contribution in [0, 0.1) is 11.8 Å². The molecule has 0 spiro atoms. The van der Waals surface area contributed by atoms with Gasteiger partial charge in [0.25, 0.3) is 0 Å². The van der Waals surface area contributed by atoms with Crippen LogP contribution in [0.3, 0.4) is 0 Å². The minimum atomic E-state index is -0.360. The first-order valence-electron chi connectivity index (χ1n) is 7.19.